The smallest absolute Gasteiger partial charge is 0.251 e. The van der Waals surface area contributed by atoms with Crippen molar-refractivity contribution in [3.05, 3.63) is 23.8 Å². The molecule has 3 unspecified atom stereocenters. The number of fused-ring (bicyclic) bond motifs is 1. The van der Waals surface area contributed by atoms with E-state index in [1.165, 1.54) is 0 Å². The van der Waals surface area contributed by atoms with Crippen molar-refractivity contribution >= 4 is 46.1 Å². The number of nitrogens with zero attached hydrogens (tertiary/aromatic N) is 1. The van der Waals surface area contributed by atoms with Crippen molar-refractivity contribution in [1.29, 1.82) is 0 Å². The number of rotatable bonds is 8. The molecule has 1 fully saturated rings. The van der Waals surface area contributed by atoms with Gasteiger partial charge in [0.25, 0.3) is 5.91 Å². The Bertz CT molecular complexity index is 812. The zero-order chi connectivity index (χ0) is 21.0. The first-order valence-corrected chi connectivity index (χ1v) is 11.6. The Kier molecular flexibility index (Phi) is 7.69. The lowest BCUT2D eigenvalue weighted by atomic mass is 9.94. The quantitative estimate of drug-likeness (QED) is 0.473. The molecular formula is C22H32Cl2N4O. The number of anilines is 1. The van der Waals surface area contributed by atoms with Crippen LogP contribution in [0.4, 0.5) is 5.95 Å². The molecule has 7 heteroatoms. The molecule has 3 atom stereocenters. The standard InChI is InChI=1S/C22H32Cl2N4O/c1-4-14(10-13(2)3)12-25-21(29)15-8-9-18-19(11-15)27-22(26-18)28-20-16(23)6-5-7-17(20)24/h8-9,11,13-14,16-17,20H,4-7,10,12H2,1-3H3,(H,25,29)(H2,26,27,28). The Labute approximate surface area is 183 Å². The molecule has 1 saturated carbocycles. The fourth-order valence-corrected chi connectivity index (χ4v) is 4.91. The Balaban J connectivity index is 1.66. The lowest BCUT2D eigenvalue weighted by Crippen LogP contribution is -2.41. The molecule has 0 saturated heterocycles. The summed E-state index contributed by atoms with van der Waals surface area (Å²) in [5.41, 5.74) is 2.25. The van der Waals surface area contributed by atoms with E-state index in [2.05, 4.69) is 41.4 Å². The highest BCUT2D eigenvalue weighted by molar-refractivity contribution is 6.25. The Morgan fingerprint density at radius 1 is 1.28 bits per heavy atom. The first-order chi connectivity index (χ1) is 13.9. The van der Waals surface area contributed by atoms with E-state index in [4.69, 9.17) is 23.2 Å². The van der Waals surface area contributed by atoms with Gasteiger partial charge >= 0.3 is 0 Å². The third-order valence-corrected chi connectivity index (χ3v) is 6.70. The zero-order valence-corrected chi connectivity index (χ0v) is 19.0. The van der Waals surface area contributed by atoms with E-state index < -0.39 is 0 Å². The number of imidazole rings is 1. The van der Waals surface area contributed by atoms with Crippen molar-refractivity contribution < 1.29 is 4.79 Å². The van der Waals surface area contributed by atoms with E-state index >= 15 is 0 Å². The van der Waals surface area contributed by atoms with Gasteiger partial charge in [-0.15, -0.1) is 23.2 Å². The molecule has 1 amide bonds. The Morgan fingerprint density at radius 2 is 2.00 bits per heavy atom. The Morgan fingerprint density at radius 3 is 2.66 bits per heavy atom. The van der Waals surface area contributed by atoms with E-state index in [-0.39, 0.29) is 22.7 Å². The third kappa shape index (κ3) is 5.79. The number of hydrogen-bond donors (Lipinski definition) is 3. The molecule has 0 bridgehead atoms. The van der Waals surface area contributed by atoms with Gasteiger partial charge < -0.3 is 15.6 Å². The van der Waals surface area contributed by atoms with Crippen LogP contribution >= 0.6 is 23.2 Å². The maximum Gasteiger partial charge on any atom is 0.251 e. The van der Waals surface area contributed by atoms with E-state index in [9.17, 15) is 4.79 Å². The van der Waals surface area contributed by atoms with Crippen LogP contribution in [0, 0.1) is 11.8 Å². The van der Waals surface area contributed by atoms with Gasteiger partial charge in [-0.1, -0.05) is 33.6 Å². The number of carbonyl (C=O) groups excluding carboxylic acids is 1. The molecule has 1 aliphatic carbocycles. The maximum atomic E-state index is 12.6. The van der Waals surface area contributed by atoms with Crippen molar-refractivity contribution in [2.45, 2.75) is 69.7 Å². The van der Waals surface area contributed by atoms with E-state index in [0.29, 0.717) is 29.9 Å². The molecule has 3 N–H and O–H groups in total. The number of aromatic nitrogens is 2. The van der Waals surface area contributed by atoms with Crippen LogP contribution in [0.25, 0.3) is 11.0 Å². The van der Waals surface area contributed by atoms with Crippen molar-refractivity contribution in [2.75, 3.05) is 11.9 Å². The van der Waals surface area contributed by atoms with Crippen LogP contribution in [-0.4, -0.2) is 39.2 Å². The summed E-state index contributed by atoms with van der Waals surface area (Å²) < 4.78 is 0. The number of alkyl halides is 2. The van der Waals surface area contributed by atoms with Gasteiger partial charge in [-0.2, -0.15) is 0 Å². The summed E-state index contributed by atoms with van der Waals surface area (Å²) in [4.78, 5) is 20.5. The first kappa shape index (κ1) is 22.2. The summed E-state index contributed by atoms with van der Waals surface area (Å²) in [6.07, 6.45) is 5.13. The second-order valence-electron chi connectivity index (χ2n) is 8.56. The van der Waals surface area contributed by atoms with E-state index in [1.54, 1.807) is 0 Å². The minimum Gasteiger partial charge on any atom is -0.352 e. The highest BCUT2D eigenvalue weighted by Crippen LogP contribution is 2.30. The lowest BCUT2D eigenvalue weighted by Gasteiger charge is -2.31. The molecule has 0 radical (unpaired) electrons. The van der Waals surface area contributed by atoms with Crippen LogP contribution in [0.3, 0.4) is 0 Å². The molecule has 0 spiro atoms. The number of amides is 1. The van der Waals surface area contributed by atoms with Crippen molar-refractivity contribution in [3.8, 4) is 0 Å². The third-order valence-electron chi connectivity index (χ3n) is 5.72. The molecule has 1 heterocycles. The summed E-state index contributed by atoms with van der Waals surface area (Å²) in [6, 6.07) is 5.53. The SMILES string of the molecule is CCC(CNC(=O)c1ccc2[nH]c(NC3C(Cl)CCCC3Cl)nc2c1)CC(C)C. The second kappa shape index (κ2) is 10.0. The molecule has 0 aliphatic heterocycles. The van der Waals surface area contributed by atoms with Gasteiger partial charge in [0.05, 0.1) is 27.8 Å². The van der Waals surface area contributed by atoms with Gasteiger partial charge in [-0.3, -0.25) is 4.79 Å². The number of aromatic amines is 1. The van der Waals surface area contributed by atoms with Crippen molar-refractivity contribution in [3.63, 3.8) is 0 Å². The lowest BCUT2D eigenvalue weighted by molar-refractivity contribution is 0.0945. The monoisotopic (exact) mass is 438 g/mol. The fourth-order valence-electron chi connectivity index (χ4n) is 4.05. The van der Waals surface area contributed by atoms with Crippen LogP contribution in [0.15, 0.2) is 18.2 Å². The summed E-state index contributed by atoms with van der Waals surface area (Å²) >= 11 is 12.9. The molecule has 160 valence electrons. The summed E-state index contributed by atoms with van der Waals surface area (Å²) in [7, 11) is 0. The predicted octanol–water partition coefficient (Wildman–Crippen LogP) is 5.54. The second-order valence-corrected chi connectivity index (χ2v) is 9.69. The van der Waals surface area contributed by atoms with Crippen LogP contribution in [0.5, 0.6) is 0 Å². The Hall–Kier alpha value is -1.46. The zero-order valence-electron chi connectivity index (χ0n) is 17.5. The summed E-state index contributed by atoms with van der Waals surface area (Å²) in [5.74, 6) is 1.73. The first-order valence-electron chi connectivity index (χ1n) is 10.7. The number of hydrogen-bond acceptors (Lipinski definition) is 3. The maximum absolute atomic E-state index is 12.6. The molecule has 1 aromatic heterocycles. The van der Waals surface area contributed by atoms with Crippen LogP contribution in [0.1, 0.15) is 63.2 Å². The van der Waals surface area contributed by atoms with Gasteiger partial charge in [0, 0.05) is 12.1 Å². The number of carbonyl (C=O) groups is 1. The van der Waals surface area contributed by atoms with Gasteiger partial charge in [0.2, 0.25) is 5.95 Å². The number of benzene rings is 1. The average molecular weight is 439 g/mol. The van der Waals surface area contributed by atoms with Gasteiger partial charge in [-0.25, -0.2) is 4.98 Å². The van der Waals surface area contributed by atoms with Gasteiger partial charge in [0.1, 0.15) is 0 Å². The minimum atomic E-state index is -0.0551. The molecule has 5 nitrogen and oxygen atoms in total. The topological polar surface area (TPSA) is 69.8 Å². The number of halogens is 2. The van der Waals surface area contributed by atoms with Crippen LogP contribution in [0.2, 0.25) is 0 Å². The van der Waals surface area contributed by atoms with Gasteiger partial charge in [-0.05, 0) is 49.3 Å². The van der Waals surface area contributed by atoms with Crippen molar-refractivity contribution in [2.24, 2.45) is 11.8 Å². The van der Waals surface area contributed by atoms with Crippen molar-refractivity contribution in [1.82, 2.24) is 15.3 Å². The highest BCUT2D eigenvalue weighted by atomic mass is 35.5. The molecule has 1 aromatic carbocycles. The van der Waals surface area contributed by atoms with Gasteiger partial charge in [0.15, 0.2) is 0 Å². The summed E-state index contributed by atoms with van der Waals surface area (Å²) in [5, 5.41) is 6.40. The van der Waals surface area contributed by atoms with Crippen LogP contribution in [-0.2, 0) is 0 Å². The van der Waals surface area contributed by atoms with E-state index in [0.717, 1.165) is 43.1 Å². The normalized spacial score (nSPS) is 23.3. The molecule has 29 heavy (non-hydrogen) atoms. The summed E-state index contributed by atoms with van der Waals surface area (Å²) in [6.45, 7) is 7.31. The highest BCUT2D eigenvalue weighted by Gasteiger charge is 2.31. The number of H-pyrrole nitrogens is 1. The minimum absolute atomic E-state index is 0.0156. The van der Waals surface area contributed by atoms with E-state index in [1.807, 2.05) is 18.2 Å². The largest absolute Gasteiger partial charge is 0.352 e. The molecule has 3 rings (SSSR count). The predicted molar refractivity (Wildman–Crippen MR) is 122 cm³/mol. The van der Waals surface area contributed by atoms with Crippen LogP contribution < -0.4 is 10.6 Å². The molecule has 1 aliphatic rings. The molecular weight excluding hydrogens is 407 g/mol. The molecule has 2 aromatic rings. The fraction of sp³-hybridized carbons (Fsp3) is 0.636. The average Bonchev–Trinajstić information content (AvgIpc) is 3.09. The number of nitrogens with one attached hydrogen (secondary N) is 3.